The molecule has 1 fully saturated rings. The van der Waals surface area contributed by atoms with Crippen LogP contribution in [0, 0.1) is 5.92 Å². The van der Waals surface area contributed by atoms with Gasteiger partial charge in [-0.1, -0.05) is 37.3 Å². The lowest BCUT2D eigenvalue weighted by atomic mass is 10.0. The monoisotopic (exact) mass is 552 g/mol. The van der Waals surface area contributed by atoms with Crippen LogP contribution in [-0.2, 0) is 35.5 Å². The normalized spacial score (nSPS) is 16.5. The topological polar surface area (TPSA) is 91.3 Å². The van der Waals surface area contributed by atoms with Crippen LogP contribution in [0.25, 0.3) is 0 Å². The lowest BCUT2D eigenvalue weighted by Gasteiger charge is -2.37. The van der Waals surface area contributed by atoms with E-state index in [1.54, 1.807) is 9.80 Å². The first-order valence-corrected chi connectivity index (χ1v) is 14.2. The van der Waals surface area contributed by atoms with Crippen LogP contribution in [0.4, 0.5) is 15.4 Å². The summed E-state index contributed by atoms with van der Waals surface area (Å²) in [5, 5.41) is 0. The molecule has 1 atom stereocenters. The van der Waals surface area contributed by atoms with Gasteiger partial charge in [-0.05, 0) is 52.8 Å². The van der Waals surface area contributed by atoms with Crippen molar-refractivity contribution in [3.8, 4) is 0 Å². The van der Waals surface area contributed by atoms with E-state index in [1.165, 1.54) is 0 Å². The highest BCUT2D eigenvalue weighted by Crippen LogP contribution is 2.29. The number of amides is 2. The number of anilines is 1. The number of carbonyl (C=O) groups is 2. The molecule has 0 unspecified atom stereocenters. The molecule has 10 heteroatoms. The molecule has 1 aromatic heterocycles. The zero-order chi connectivity index (χ0) is 28.9. The number of ether oxygens (including phenoxy) is 2. The van der Waals surface area contributed by atoms with Gasteiger partial charge in [0.1, 0.15) is 23.9 Å². The van der Waals surface area contributed by atoms with Crippen LogP contribution in [-0.4, -0.2) is 95.8 Å². The van der Waals surface area contributed by atoms with E-state index in [0.29, 0.717) is 51.6 Å². The SMILES string of the molecule is C[C@H](Cc1nc2c(c(N3CCN(C(=O)OCc4ccccc4)CC3)n1)CCN(C(=O)OC(C)(C)C)C2)CN(C)C. The molecule has 10 nitrogen and oxygen atoms in total. The predicted octanol–water partition coefficient (Wildman–Crippen LogP) is 3.97. The molecule has 40 heavy (non-hydrogen) atoms. The highest BCUT2D eigenvalue weighted by atomic mass is 16.6. The molecule has 0 spiro atoms. The van der Waals surface area contributed by atoms with E-state index in [9.17, 15) is 9.59 Å². The Hall–Kier alpha value is -3.40. The van der Waals surface area contributed by atoms with E-state index in [4.69, 9.17) is 19.4 Å². The van der Waals surface area contributed by atoms with E-state index in [0.717, 1.165) is 41.4 Å². The quantitative estimate of drug-likeness (QED) is 0.510. The second-order valence-electron chi connectivity index (χ2n) is 12.1. The van der Waals surface area contributed by atoms with E-state index < -0.39 is 5.60 Å². The predicted molar refractivity (Wildman–Crippen MR) is 154 cm³/mol. The zero-order valence-corrected chi connectivity index (χ0v) is 24.9. The minimum Gasteiger partial charge on any atom is -0.445 e. The second-order valence-corrected chi connectivity index (χ2v) is 12.1. The van der Waals surface area contributed by atoms with Crippen LogP contribution < -0.4 is 4.90 Å². The van der Waals surface area contributed by atoms with Crippen LogP contribution in [0.3, 0.4) is 0 Å². The molecular formula is C30H44N6O4. The third-order valence-electron chi connectivity index (χ3n) is 6.99. The number of aromatic nitrogens is 2. The molecule has 3 heterocycles. The van der Waals surface area contributed by atoms with Crippen LogP contribution in [0.2, 0.25) is 0 Å². The van der Waals surface area contributed by atoms with Gasteiger partial charge in [0.15, 0.2) is 0 Å². The Balaban J connectivity index is 1.47. The van der Waals surface area contributed by atoms with Crippen molar-refractivity contribution in [3.63, 3.8) is 0 Å². The van der Waals surface area contributed by atoms with Gasteiger partial charge in [-0.2, -0.15) is 0 Å². The van der Waals surface area contributed by atoms with E-state index >= 15 is 0 Å². The Morgan fingerprint density at radius 1 is 0.975 bits per heavy atom. The highest BCUT2D eigenvalue weighted by Gasteiger charge is 2.32. The largest absolute Gasteiger partial charge is 0.445 e. The summed E-state index contributed by atoms with van der Waals surface area (Å²) in [6.07, 6.45) is 0.802. The zero-order valence-electron chi connectivity index (χ0n) is 24.9. The van der Waals surface area contributed by atoms with Crippen molar-refractivity contribution in [1.29, 1.82) is 0 Å². The molecule has 4 rings (SSSR count). The minimum atomic E-state index is -0.553. The Bertz CT molecular complexity index is 1160. The smallest absolute Gasteiger partial charge is 0.410 e. The number of hydrogen-bond donors (Lipinski definition) is 0. The molecule has 2 amide bonds. The summed E-state index contributed by atoms with van der Waals surface area (Å²) in [5.41, 5.74) is 2.39. The first-order valence-electron chi connectivity index (χ1n) is 14.2. The van der Waals surface area contributed by atoms with Gasteiger partial charge in [-0.3, -0.25) is 0 Å². The number of benzene rings is 1. The summed E-state index contributed by atoms with van der Waals surface area (Å²) in [7, 11) is 4.14. The van der Waals surface area contributed by atoms with Crippen molar-refractivity contribution >= 4 is 18.0 Å². The standard InChI is InChI=1S/C30H44N6O4/c1-22(19-33(5)6)18-26-31-25-20-36(29(38)40-30(2,3)4)13-12-24(25)27(32-26)34-14-16-35(17-15-34)28(37)39-21-23-10-8-7-9-11-23/h7-11,22H,12-21H2,1-6H3/t22-/m1/s1. The summed E-state index contributed by atoms with van der Waals surface area (Å²) in [6.45, 7) is 12.4. The Morgan fingerprint density at radius 2 is 1.68 bits per heavy atom. The maximum Gasteiger partial charge on any atom is 0.410 e. The molecule has 2 aromatic rings. The minimum absolute atomic E-state index is 0.266. The van der Waals surface area contributed by atoms with Gasteiger partial charge in [-0.15, -0.1) is 0 Å². The van der Waals surface area contributed by atoms with Crippen LogP contribution in [0.15, 0.2) is 30.3 Å². The van der Waals surface area contributed by atoms with Gasteiger partial charge >= 0.3 is 12.2 Å². The van der Waals surface area contributed by atoms with Crippen molar-refractivity contribution < 1.29 is 19.1 Å². The van der Waals surface area contributed by atoms with E-state index in [-0.39, 0.29) is 18.8 Å². The molecule has 0 radical (unpaired) electrons. The van der Waals surface area contributed by atoms with E-state index in [2.05, 4.69) is 30.8 Å². The third kappa shape index (κ3) is 8.06. The molecule has 0 bridgehead atoms. The number of hydrogen-bond acceptors (Lipinski definition) is 8. The Kier molecular flexibility index (Phi) is 9.50. The Labute approximate surface area is 238 Å². The van der Waals surface area contributed by atoms with E-state index in [1.807, 2.05) is 51.1 Å². The highest BCUT2D eigenvalue weighted by molar-refractivity contribution is 5.69. The van der Waals surface area contributed by atoms with Gasteiger partial charge in [-0.25, -0.2) is 19.6 Å². The van der Waals surface area contributed by atoms with Crippen LogP contribution >= 0.6 is 0 Å². The first kappa shape index (κ1) is 29.6. The number of fused-ring (bicyclic) bond motifs is 1. The van der Waals surface area contributed by atoms with Gasteiger partial charge in [0, 0.05) is 51.3 Å². The maximum atomic E-state index is 12.8. The van der Waals surface area contributed by atoms with Crippen molar-refractivity contribution in [2.45, 2.75) is 59.3 Å². The molecule has 2 aliphatic heterocycles. The summed E-state index contributed by atoms with van der Waals surface area (Å²) in [5.74, 6) is 2.10. The third-order valence-corrected chi connectivity index (χ3v) is 6.99. The summed E-state index contributed by atoms with van der Waals surface area (Å²) >= 11 is 0. The summed E-state index contributed by atoms with van der Waals surface area (Å²) in [4.78, 5) is 43.5. The first-order chi connectivity index (χ1) is 19.0. The molecule has 0 saturated carbocycles. The lowest BCUT2D eigenvalue weighted by Crippen LogP contribution is -2.50. The molecule has 0 aliphatic carbocycles. The molecular weight excluding hydrogens is 508 g/mol. The summed E-state index contributed by atoms with van der Waals surface area (Å²) < 4.78 is 11.2. The maximum absolute atomic E-state index is 12.8. The molecule has 1 saturated heterocycles. The molecule has 0 N–H and O–H groups in total. The second kappa shape index (κ2) is 12.8. The number of carbonyl (C=O) groups excluding carboxylic acids is 2. The number of piperazine rings is 1. The fourth-order valence-electron chi connectivity index (χ4n) is 5.21. The van der Waals surface area contributed by atoms with Crippen molar-refractivity contribution in [1.82, 2.24) is 24.7 Å². The van der Waals surface area contributed by atoms with Gasteiger partial charge in [0.2, 0.25) is 0 Å². The number of nitrogens with zero attached hydrogens (tertiary/aromatic N) is 6. The van der Waals surface area contributed by atoms with Crippen molar-refractivity contribution in [3.05, 3.63) is 53.0 Å². The Morgan fingerprint density at radius 3 is 2.33 bits per heavy atom. The van der Waals surface area contributed by atoms with Crippen molar-refractivity contribution in [2.24, 2.45) is 5.92 Å². The summed E-state index contributed by atoms with van der Waals surface area (Å²) in [6, 6.07) is 9.72. The molecule has 1 aromatic carbocycles. The molecule has 2 aliphatic rings. The molecule has 218 valence electrons. The van der Waals surface area contributed by atoms with Gasteiger partial charge in [0.25, 0.3) is 0 Å². The number of rotatable bonds is 7. The average Bonchev–Trinajstić information content (AvgIpc) is 2.90. The average molecular weight is 553 g/mol. The van der Waals surface area contributed by atoms with Gasteiger partial charge in [0.05, 0.1) is 12.2 Å². The van der Waals surface area contributed by atoms with Crippen molar-refractivity contribution in [2.75, 3.05) is 58.3 Å². The fourth-order valence-corrected chi connectivity index (χ4v) is 5.21. The lowest BCUT2D eigenvalue weighted by molar-refractivity contribution is 0.0220. The van der Waals surface area contributed by atoms with Gasteiger partial charge < -0.3 is 29.1 Å². The van der Waals surface area contributed by atoms with Crippen LogP contribution in [0.5, 0.6) is 0 Å². The fraction of sp³-hybridized carbons (Fsp3) is 0.600. The van der Waals surface area contributed by atoms with Crippen LogP contribution in [0.1, 0.15) is 50.3 Å².